The molecule has 94 valence electrons. The third-order valence-corrected chi connectivity index (χ3v) is 3.75. The summed E-state index contributed by atoms with van der Waals surface area (Å²) >= 11 is 6.73. The summed E-state index contributed by atoms with van der Waals surface area (Å²) < 4.78 is 5.64. The molecule has 0 bridgehead atoms. The van der Waals surface area contributed by atoms with Crippen LogP contribution in [0.25, 0.3) is 10.9 Å². The Labute approximate surface area is 122 Å². The lowest BCUT2D eigenvalue weighted by Crippen LogP contribution is -2.18. The van der Waals surface area contributed by atoms with E-state index in [9.17, 15) is 4.79 Å². The molecule has 0 N–H and O–H groups in total. The molecule has 2 aromatic rings. The highest BCUT2D eigenvalue weighted by atomic mass is 79.9. The number of esters is 1. The fraction of sp³-hybridized carbons (Fsp3) is 0.231. The fourth-order valence-corrected chi connectivity index (χ4v) is 2.65. The van der Waals surface area contributed by atoms with Crippen LogP contribution in [-0.4, -0.2) is 22.9 Å². The highest BCUT2D eigenvalue weighted by molar-refractivity contribution is 9.10. The molecule has 0 amide bonds. The molecule has 3 nitrogen and oxygen atoms in total. The molecule has 18 heavy (non-hydrogen) atoms. The molecule has 2 rings (SSSR count). The minimum absolute atomic E-state index is 0.274. The molecular formula is C13H11Br2NO2. The van der Waals surface area contributed by atoms with Gasteiger partial charge in [0.1, 0.15) is 4.83 Å². The fourth-order valence-electron chi connectivity index (χ4n) is 1.77. The van der Waals surface area contributed by atoms with Crippen LogP contribution in [0.1, 0.15) is 5.56 Å². The number of benzene rings is 1. The normalized spacial score (nSPS) is 12.4. The van der Waals surface area contributed by atoms with Gasteiger partial charge in [0.25, 0.3) is 0 Å². The van der Waals surface area contributed by atoms with Crippen molar-refractivity contribution in [1.82, 2.24) is 4.98 Å². The van der Waals surface area contributed by atoms with Crippen molar-refractivity contribution in [3.05, 3.63) is 40.5 Å². The van der Waals surface area contributed by atoms with Crippen LogP contribution in [0, 0.1) is 0 Å². The lowest BCUT2D eigenvalue weighted by atomic mass is 10.1. The number of carbonyl (C=O) groups excluding carboxylic acids is 1. The van der Waals surface area contributed by atoms with E-state index in [0.29, 0.717) is 6.42 Å². The molecule has 0 fully saturated rings. The molecular weight excluding hydrogens is 362 g/mol. The molecule has 1 unspecified atom stereocenters. The predicted molar refractivity (Wildman–Crippen MR) is 77.9 cm³/mol. The van der Waals surface area contributed by atoms with Gasteiger partial charge in [-0.3, -0.25) is 9.78 Å². The standard InChI is InChI=1S/C13H11Br2NO2/c1-18-13(17)11(15)6-9-4-2-3-8-5-10(14)7-16-12(8)9/h2-5,7,11H,6H2,1H3. The van der Waals surface area contributed by atoms with Crippen molar-refractivity contribution in [2.45, 2.75) is 11.2 Å². The van der Waals surface area contributed by atoms with E-state index in [1.807, 2.05) is 24.3 Å². The molecule has 1 heterocycles. The van der Waals surface area contributed by atoms with Gasteiger partial charge in [0.15, 0.2) is 0 Å². The van der Waals surface area contributed by atoms with Gasteiger partial charge in [0.05, 0.1) is 12.6 Å². The van der Waals surface area contributed by atoms with Gasteiger partial charge in [-0.1, -0.05) is 34.1 Å². The Morgan fingerprint density at radius 3 is 3.00 bits per heavy atom. The number of carbonyl (C=O) groups is 1. The first kappa shape index (κ1) is 13.5. The molecule has 0 saturated carbocycles. The van der Waals surface area contributed by atoms with Crippen LogP contribution < -0.4 is 0 Å². The average molecular weight is 373 g/mol. The van der Waals surface area contributed by atoms with E-state index >= 15 is 0 Å². The van der Waals surface area contributed by atoms with Gasteiger partial charge < -0.3 is 4.74 Å². The summed E-state index contributed by atoms with van der Waals surface area (Å²) in [5.74, 6) is -0.274. The zero-order valence-corrected chi connectivity index (χ0v) is 12.9. The van der Waals surface area contributed by atoms with E-state index < -0.39 is 0 Å². The van der Waals surface area contributed by atoms with Crippen molar-refractivity contribution < 1.29 is 9.53 Å². The van der Waals surface area contributed by atoms with Gasteiger partial charge in [-0.2, -0.15) is 0 Å². The van der Waals surface area contributed by atoms with Gasteiger partial charge in [0, 0.05) is 16.1 Å². The summed E-state index contributed by atoms with van der Waals surface area (Å²) in [5.41, 5.74) is 1.93. The number of aromatic nitrogens is 1. The summed E-state index contributed by atoms with van der Waals surface area (Å²) in [4.78, 5) is 15.5. The SMILES string of the molecule is COC(=O)C(Br)Cc1cccc2cc(Br)cnc12. The van der Waals surface area contributed by atoms with Crippen LogP contribution in [0.4, 0.5) is 0 Å². The lowest BCUT2D eigenvalue weighted by Gasteiger charge is -2.09. The van der Waals surface area contributed by atoms with E-state index in [4.69, 9.17) is 4.74 Å². The van der Waals surface area contributed by atoms with Gasteiger partial charge in [-0.15, -0.1) is 0 Å². The molecule has 1 atom stereocenters. The summed E-state index contributed by atoms with van der Waals surface area (Å²) in [6.45, 7) is 0. The quantitative estimate of drug-likeness (QED) is 0.611. The molecule has 5 heteroatoms. The molecule has 0 saturated heterocycles. The molecule has 1 aromatic carbocycles. The Hall–Kier alpha value is -0.940. The predicted octanol–water partition coefficient (Wildman–Crippen LogP) is 3.48. The van der Waals surface area contributed by atoms with Crippen molar-refractivity contribution in [2.75, 3.05) is 7.11 Å². The number of hydrogen-bond acceptors (Lipinski definition) is 3. The number of halogens is 2. The van der Waals surface area contributed by atoms with Crippen molar-refractivity contribution >= 4 is 48.7 Å². The van der Waals surface area contributed by atoms with E-state index in [2.05, 4.69) is 36.8 Å². The van der Waals surface area contributed by atoms with Crippen LogP contribution in [0.15, 0.2) is 34.9 Å². The number of alkyl halides is 1. The zero-order valence-electron chi connectivity index (χ0n) is 9.69. The monoisotopic (exact) mass is 371 g/mol. The Bertz CT molecular complexity index is 586. The summed E-state index contributed by atoms with van der Waals surface area (Å²) in [5, 5.41) is 1.05. The number of methoxy groups -OCH3 is 1. The van der Waals surface area contributed by atoms with Crippen molar-refractivity contribution in [3.63, 3.8) is 0 Å². The molecule has 0 aliphatic rings. The van der Waals surface area contributed by atoms with Crippen molar-refractivity contribution in [3.8, 4) is 0 Å². The summed E-state index contributed by atoms with van der Waals surface area (Å²) in [6, 6.07) is 7.94. The van der Waals surface area contributed by atoms with Crippen LogP contribution in [0.2, 0.25) is 0 Å². The Kier molecular flexibility index (Phi) is 4.35. The van der Waals surface area contributed by atoms with Crippen LogP contribution in [-0.2, 0) is 16.0 Å². The van der Waals surface area contributed by atoms with Gasteiger partial charge in [-0.05, 0) is 34.0 Å². The first-order valence-electron chi connectivity index (χ1n) is 5.37. The number of pyridine rings is 1. The summed E-state index contributed by atoms with van der Waals surface area (Å²) in [6.07, 6.45) is 2.31. The molecule has 0 aliphatic heterocycles. The van der Waals surface area contributed by atoms with Gasteiger partial charge in [-0.25, -0.2) is 0 Å². The minimum Gasteiger partial charge on any atom is -0.468 e. The maximum atomic E-state index is 11.4. The number of hydrogen-bond donors (Lipinski definition) is 0. The zero-order chi connectivity index (χ0) is 13.1. The van der Waals surface area contributed by atoms with E-state index in [-0.39, 0.29) is 10.8 Å². The van der Waals surface area contributed by atoms with E-state index in [0.717, 1.165) is 20.9 Å². The van der Waals surface area contributed by atoms with Crippen molar-refractivity contribution in [2.24, 2.45) is 0 Å². The molecule has 0 radical (unpaired) electrons. The van der Waals surface area contributed by atoms with Crippen LogP contribution in [0.5, 0.6) is 0 Å². The molecule has 0 spiro atoms. The molecule has 1 aromatic heterocycles. The van der Waals surface area contributed by atoms with Gasteiger partial charge >= 0.3 is 5.97 Å². The third kappa shape index (κ3) is 2.90. The van der Waals surface area contributed by atoms with E-state index in [1.165, 1.54) is 7.11 Å². The second-order valence-corrected chi connectivity index (χ2v) is 5.86. The first-order chi connectivity index (χ1) is 8.61. The Morgan fingerprint density at radius 2 is 2.28 bits per heavy atom. The number of rotatable bonds is 3. The Morgan fingerprint density at radius 1 is 1.50 bits per heavy atom. The second-order valence-electron chi connectivity index (χ2n) is 3.84. The lowest BCUT2D eigenvalue weighted by molar-refractivity contribution is -0.139. The van der Waals surface area contributed by atoms with E-state index in [1.54, 1.807) is 6.20 Å². The maximum Gasteiger partial charge on any atom is 0.319 e. The second kappa shape index (κ2) is 5.80. The third-order valence-electron chi connectivity index (χ3n) is 2.62. The summed E-state index contributed by atoms with van der Waals surface area (Å²) in [7, 11) is 1.38. The maximum absolute atomic E-state index is 11.4. The van der Waals surface area contributed by atoms with Crippen LogP contribution in [0.3, 0.4) is 0 Å². The number of fused-ring (bicyclic) bond motifs is 1. The highest BCUT2D eigenvalue weighted by Gasteiger charge is 2.17. The largest absolute Gasteiger partial charge is 0.468 e. The first-order valence-corrected chi connectivity index (χ1v) is 7.07. The number of nitrogens with zero attached hydrogens (tertiary/aromatic N) is 1. The van der Waals surface area contributed by atoms with Crippen LogP contribution >= 0.6 is 31.9 Å². The van der Waals surface area contributed by atoms with Crippen molar-refractivity contribution in [1.29, 1.82) is 0 Å². The average Bonchev–Trinajstić information content (AvgIpc) is 2.37. The molecule has 0 aliphatic carbocycles. The smallest absolute Gasteiger partial charge is 0.319 e. The highest BCUT2D eigenvalue weighted by Crippen LogP contribution is 2.22. The van der Waals surface area contributed by atoms with Gasteiger partial charge in [0.2, 0.25) is 0 Å². The number of para-hydroxylation sites is 1. The Balaban J connectivity index is 2.36. The minimum atomic E-state index is -0.349. The topological polar surface area (TPSA) is 39.2 Å². The number of ether oxygens (including phenoxy) is 1.